The molecule has 1 unspecified atom stereocenters. The van der Waals surface area contributed by atoms with Crippen molar-refractivity contribution >= 4 is 7.12 Å². The Labute approximate surface area is 154 Å². The number of ether oxygens (including phenoxy) is 2. The van der Waals surface area contributed by atoms with Crippen molar-refractivity contribution < 1.29 is 19.2 Å². The van der Waals surface area contributed by atoms with Crippen molar-refractivity contribution in [3.05, 3.63) is 47.5 Å². The molecule has 0 aliphatic carbocycles. The molecule has 2 aromatic carbocycles. The van der Waals surface area contributed by atoms with Crippen LogP contribution in [-0.4, -0.2) is 32.5 Å². The Kier molecular flexibility index (Phi) is 5.82. The van der Waals surface area contributed by atoms with Gasteiger partial charge in [-0.1, -0.05) is 31.2 Å². The summed E-state index contributed by atoms with van der Waals surface area (Å²) in [6.07, 6.45) is 1.43. The molecule has 1 N–H and O–H groups in total. The highest BCUT2D eigenvalue weighted by atomic mass is 16.5. The Morgan fingerprint density at radius 1 is 1.35 bits per heavy atom. The Hall–Kier alpha value is -2.49. The van der Waals surface area contributed by atoms with Gasteiger partial charge >= 0.3 is 7.12 Å². The second kappa shape index (κ2) is 8.26. The standard InChI is InChI=1S/C20H22BNO4/c1-3-9-25-20-18(12-22)17(7-8-19(20)24-2)15-6-4-5-14(10-15)16-11-21(23)26-13-16/h4-8,10,16,23H,3,9,11,13H2,1-2H3. The maximum atomic E-state index is 9.76. The molecule has 0 radical (unpaired) electrons. The van der Waals surface area contributed by atoms with Crippen LogP contribution in [-0.2, 0) is 4.65 Å². The molecule has 5 nitrogen and oxygen atoms in total. The van der Waals surface area contributed by atoms with Crippen molar-refractivity contribution in [1.29, 1.82) is 5.26 Å². The van der Waals surface area contributed by atoms with Crippen molar-refractivity contribution in [2.24, 2.45) is 0 Å². The second-order valence-electron chi connectivity index (χ2n) is 6.33. The molecule has 1 aliphatic heterocycles. The van der Waals surface area contributed by atoms with Crippen LogP contribution in [0.5, 0.6) is 11.5 Å². The molecule has 26 heavy (non-hydrogen) atoms. The van der Waals surface area contributed by atoms with E-state index in [4.69, 9.17) is 14.1 Å². The molecule has 1 fully saturated rings. The fourth-order valence-electron chi connectivity index (χ4n) is 3.22. The van der Waals surface area contributed by atoms with Crippen LogP contribution in [0.1, 0.15) is 30.4 Å². The molecule has 3 rings (SSSR count). The average molecular weight is 351 g/mol. The molecular weight excluding hydrogens is 329 g/mol. The Morgan fingerprint density at radius 3 is 2.85 bits per heavy atom. The molecule has 0 saturated carbocycles. The van der Waals surface area contributed by atoms with E-state index < -0.39 is 7.12 Å². The van der Waals surface area contributed by atoms with Gasteiger partial charge in [-0.2, -0.15) is 5.26 Å². The van der Waals surface area contributed by atoms with Crippen molar-refractivity contribution in [3.63, 3.8) is 0 Å². The largest absolute Gasteiger partial charge is 0.493 e. The van der Waals surface area contributed by atoms with E-state index in [9.17, 15) is 10.3 Å². The lowest BCUT2D eigenvalue weighted by molar-refractivity contribution is 0.292. The Bertz CT molecular complexity index is 818. The summed E-state index contributed by atoms with van der Waals surface area (Å²) in [5.41, 5.74) is 3.30. The first-order valence-electron chi connectivity index (χ1n) is 8.81. The third-order valence-corrected chi connectivity index (χ3v) is 4.55. The summed E-state index contributed by atoms with van der Waals surface area (Å²) in [7, 11) is 0.870. The predicted octanol–water partition coefficient (Wildman–Crippen LogP) is 3.62. The Balaban J connectivity index is 2.02. The summed E-state index contributed by atoms with van der Waals surface area (Å²) >= 11 is 0. The zero-order valence-electron chi connectivity index (χ0n) is 15.1. The topological polar surface area (TPSA) is 71.7 Å². The molecule has 0 aromatic heterocycles. The maximum Gasteiger partial charge on any atom is 0.454 e. The van der Waals surface area contributed by atoms with Gasteiger partial charge in [0.2, 0.25) is 0 Å². The number of rotatable bonds is 6. The van der Waals surface area contributed by atoms with Gasteiger partial charge in [-0.25, -0.2) is 0 Å². The van der Waals surface area contributed by atoms with Crippen molar-refractivity contribution in [1.82, 2.24) is 0 Å². The van der Waals surface area contributed by atoms with Crippen LogP contribution in [0.4, 0.5) is 0 Å². The van der Waals surface area contributed by atoms with Crippen LogP contribution in [0.3, 0.4) is 0 Å². The van der Waals surface area contributed by atoms with E-state index in [1.165, 1.54) is 0 Å². The van der Waals surface area contributed by atoms with E-state index in [0.717, 1.165) is 23.1 Å². The first-order valence-corrected chi connectivity index (χ1v) is 8.81. The third kappa shape index (κ3) is 3.69. The molecule has 134 valence electrons. The van der Waals surface area contributed by atoms with Crippen molar-refractivity contribution in [3.8, 4) is 28.7 Å². The summed E-state index contributed by atoms with van der Waals surface area (Å²) in [5.74, 6) is 1.20. The van der Waals surface area contributed by atoms with Crippen LogP contribution in [0.2, 0.25) is 6.32 Å². The van der Waals surface area contributed by atoms with Gasteiger partial charge in [0.25, 0.3) is 0 Å². The van der Waals surface area contributed by atoms with Crippen LogP contribution in [0.15, 0.2) is 36.4 Å². The summed E-state index contributed by atoms with van der Waals surface area (Å²) < 4.78 is 16.4. The lowest BCUT2D eigenvalue weighted by atomic mass is 9.79. The smallest absolute Gasteiger partial charge is 0.454 e. The summed E-state index contributed by atoms with van der Waals surface area (Å²) in [5, 5.41) is 19.4. The molecular formula is C20H22BNO4. The molecule has 1 aliphatic rings. The maximum absolute atomic E-state index is 9.76. The molecule has 2 aromatic rings. The summed E-state index contributed by atoms with van der Waals surface area (Å²) in [6.45, 7) is 3.04. The number of hydrogen-bond acceptors (Lipinski definition) is 5. The highest BCUT2D eigenvalue weighted by Gasteiger charge is 2.30. The van der Waals surface area contributed by atoms with Crippen LogP contribution < -0.4 is 9.47 Å². The molecule has 0 spiro atoms. The number of nitrogens with zero attached hydrogens (tertiary/aromatic N) is 1. The number of nitriles is 1. The van der Waals surface area contributed by atoms with E-state index >= 15 is 0 Å². The normalized spacial score (nSPS) is 16.4. The molecule has 1 heterocycles. The lowest BCUT2D eigenvalue weighted by Crippen LogP contribution is -2.07. The van der Waals surface area contributed by atoms with Gasteiger partial charge in [0, 0.05) is 18.1 Å². The highest BCUT2D eigenvalue weighted by molar-refractivity contribution is 6.43. The first kappa shape index (κ1) is 18.3. The quantitative estimate of drug-likeness (QED) is 0.805. The van der Waals surface area contributed by atoms with Gasteiger partial charge in [0.05, 0.1) is 13.7 Å². The SMILES string of the molecule is CCCOc1c(OC)ccc(-c2cccc(C3COB(O)C3)c2)c1C#N. The summed E-state index contributed by atoms with van der Waals surface area (Å²) in [4.78, 5) is 0. The van der Waals surface area contributed by atoms with Crippen LogP contribution in [0.25, 0.3) is 11.1 Å². The third-order valence-electron chi connectivity index (χ3n) is 4.55. The molecule has 0 bridgehead atoms. The van der Waals surface area contributed by atoms with Gasteiger partial charge in [-0.15, -0.1) is 0 Å². The predicted molar refractivity (Wildman–Crippen MR) is 100 cm³/mol. The summed E-state index contributed by atoms with van der Waals surface area (Å²) in [6, 6.07) is 14.0. The minimum absolute atomic E-state index is 0.157. The number of methoxy groups -OCH3 is 1. The second-order valence-corrected chi connectivity index (χ2v) is 6.33. The van der Waals surface area contributed by atoms with Crippen LogP contribution in [0, 0.1) is 11.3 Å². The van der Waals surface area contributed by atoms with Gasteiger partial charge in [0.15, 0.2) is 11.5 Å². The van der Waals surface area contributed by atoms with Crippen molar-refractivity contribution in [2.45, 2.75) is 25.6 Å². The molecule has 0 amide bonds. The number of benzene rings is 2. The minimum atomic E-state index is -0.701. The zero-order chi connectivity index (χ0) is 18.5. The van der Waals surface area contributed by atoms with E-state index in [0.29, 0.717) is 36.6 Å². The van der Waals surface area contributed by atoms with Gasteiger partial charge in [-0.3, -0.25) is 0 Å². The molecule has 6 heteroatoms. The van der Waals surface area contributed by atoms with E-state index in [1.807, 2.05) is 37.3 Å². The number of hydrogen-bond donors (Lipinski definition) is 1. The van der Waals surface area contributed by atoms with E-state index in [-0.39, 0.29) is 5.92 Å². The zero-order valence-corrected chi connectivity index (χ0v) is 15.1. The van der Waals surface area contributed by atoms with Crippen LogP contribution >= 0.6 is 0 Å². The highest BCUT2D eigenvalue weighted by Crippen LogP contribution is 2.39. The fourth-order valence-corrected chi connectivity index (χ4v) is 3.22. The van der Waals surface area contributed by atoms with Gasteiger partial charge in [-0.05, 0) is 36.0 Å². The van der Waals surface area contributed by atoms with Gasteiger partial charge in [0.1, 0.15) is 11.6 Å². The molecule has 1 atom stereocenters. The fraction of sp³-hybridized carbons (Fsp3) is 0.350. The first-order chi connectivity index (χ1) is 12.7. The average Bonchev–Trinajstić information content (AvgIpc) is 3.12. The monoisotopic (exact) mass is 351 g/mol. The van der Waals surface area contributed by atoms with E-state index in [2.05, 4.69) is 12.1 Å². The lowest BCUT2D eigenvalue weighted by Gasteiger charge is -2.16. The minimum Gasteiger partial charge on any atom is -0.493 e. The molecule has 1 saturated heterocycles. The Morgan fingerprint density at radius 2 is 2.19 bits per heavy atom. The van der Waals surface area contributed by atoms with Gasteiger partial charge < -0.3 is 19.2 Å². The van der Waals surface area contributed by atoms with Crippen molar-refractivity contribution in [2.75, 3.05) is 20.3 Å². The van der Waals surface area contributed by atoms with E-state index in [1.54, 1.807) is 7.11 Å².